The Bertz CT molecular complexity index is 519. The van der Waals surface area contributed by atoms with E-state index in [0.717, 1.165) is 10.2 Å². The smallest absolute Gasteiger partial charge is 0.175 e. The molecule has 0 amide bonds. The molecule has 0 saturated carbocycles. The van der Waals surface area contributed by atoms with E-state index in [4.69, 9.17) is 5.73 Å². The number of hydrogen-bond donors (Lipinski definition) is 2. The lowest BCUT2D eigenvalue weighted by Gasteiger charge is -2.07. The molecule has 1 aromatic carbocycles. The topological polar surface area (TPSA) is 55.9 Å². The first-order chi connectivity index (χ1) is 7.56. The van der Waals surface area contributed by atoms with Gasteiger partial charge in [-0.25, -0.2) is 0 Å². The van der Waals surface area contributed by atoms with Crippen LogP contribution in [0.3, 0.4) is 0 Å². The third kappa shape index (κ3) is 2.19. The maximum atomic E-state index is 5.81. The van der Waals surface area contributed by atoms with E-state index in [9.17, 15) is 0 Å². The third-order valence-corrected chi connectivity index (χ3v) is 2.89. The van der Waals surface area contributed by atoms with Crippen molar-refractivity contribution in [3.05, 3.63) is 34.4 Å². The summed E-state index contributed by atoms with van der Waals surface area (Å²) in [5.74, 6) is 0.673. The van der Waals surface area contributed by atoms with Crippen LogP contribution in [0.1, 0.15) is 5.56 Å². The molecule has 3 N–H and O–H groups in total. The Morgan fingerprint density at radius 1 is 1.44 bits per heavy atom. The molecule has 0 aliphatic carbocycles. The normalized spacial score (nSPS) is 10.4. The number of benzene rings is 1. The van der Waals surface area contributed by atoms with Gasteiger partial charge >= 0.3 is 0 Å². The van der Waals surface area contributed by atoms with Gasteiger partial charge in [-0.15, -0.1) is 0 Å². The first kappa shape index (κ1) is 11.0. The highest BCUT2D eigenvalue weighted by molar-refractivity contribution is 9.10. The monoisotopic (exact) mass is 280 g/mol. The number of nitrogen functional groups attached to an aromatic ring is 1. The molecule has 0 saturated heterocycles. The maximum absolute atomic E-state index is 5.81. The molecule has 0 aliphatic heterocycles. The van der Waals surface area contributed by atoms with Crippen LogP contribution in [-0.2, 0) is 7.05 Å². The Hall–Kier alpha value is -1.49. The summed E-state index contributed by atoms with van der Waals surface area (Å²) in [6, 6.07) is 6.07. The van der Waals surface area contributed by atoms with Crippen molar-refractivity contribution in [2.75, 3.05) is 11.1 Å². The van der Waals surface area contributed by atoms with Crippen LogP contribution in [0.4, 0.5) is 17.2 Å². The first-order valence-corrected chi connectivity index (χ1v) is 5.68. The third-order valence-electron chi connectivity index (χ3n) is 2.23. The predicted molar refractivity (Wildman–Crippen MR) is 69.8 cm³/mol. The van der Waals surface area contributed by atoms with E-state index in [1.807, 2.05) is 32.2 Å². The van der Waals surface area contributed by atoms with Gasteiger partial charge in [0, 0.05) is 17.7 Å². The van der Waals surface area contributed by atoms with Gasteiger partial charge in [0.1, 0.15) is 0 Å². The molecule has 0 spiro atoms. The summed E-state index contributed by atoms with van der Waals surface area (Å²) in [5.41, 5.74) is 8.60. The van der Waals surface area contributed by atoms with Gasteiger partial charge in [0.25, 0.3) is 0 Å². The van der Waals surface area contributed by atoms with Gasteiger partial charge < -0.3 is 11.1 Å². The molecule has 0 radical (unpaired) electrons. The van der Waals surface area contributed by atoms with Crippen molar-refractivity contribution in [2.24, 2.45) is 7.05 Å². The minimum absolute atomic E-state index is 0.634. The van der Waals surface area contributed by atoms with Crippen molar-refractivity contribution in [3.8, 4) is 0 Å². The van der Waals surface area contributed by atoms with E-state index in [1.54, 1.807) is 10.9 Å². The number of rotatable bonds is 2. The number of nitrogens with zero attached hydrogens (tertiary/aromatic N) is 2. The number of aromatic nitrogens is 2. The number of aryl methyl sites for hydroxylation is 2. The van der Waals surface area contributed by atoms with E-state index < -0.39 is 0 Å². The van der Waals surface area contributed by atoms with Gasteiger partial charge in [-0.3, -0.25) is 4.68 Å². The van der Waals surface area contributed by atoms with E-state index >= 15 is 0 Å². The fourth-order valence-corrected chi connectivity index (χ4v) is 2.05. The highest BCUT2D eigenvalue weighted by Gasteiger charge is 2.06. The lowest BCUT2D eigenvalue weighted by molar-refractivity contribution is 0.771. The summed E-state index contributed by atoms with van der Waals surface area (Å²) in [6.07, 6.45) is 1.77. The van der Waals surface area contributed by atoms with E-state index in [-0.39, 0.29) is 0 Å². The number of hydrogen-bond acceptors (Lipinski definition) is 3. The fraction of sp³-hybridized carbons (Fsp3) is 0.182. The number of anilines is 3. The summed E-state index contributed by atoms with van der Waals surface area (Å²) in [6.45, 7) is 2.05. The van der Waals surface area contributed by atoms with Crippen molar-refractivity contribution in [2.45, 2.75) is 6.92 Å². The summed E-state index contributed by atoms with van der Waals surface area (Å²) in [5, 5.41) is 7.41. The molecule has 5 heteroatoms. The van der Waals surface area contributed by atoms with Gasteiger partial charge in [0.15, 0.2) is 5.82 Å². The second-order valence-corrected chi connectivity index (χ2v) is 4.57. The number of nitrogens with two attached hydrogens (primary N) is 1. The molecule has 0 fully saturated rings. The molecule has 0 bridgehead atoms. The van der Waals surface area contributed by atoms with Crippen LogP contribution in [0.25, 0.3) is 0 Å². The molecule has 2 aromatic rings. The van der Waals surface area contributed by atoms with Crippen molar-refractivity contribution in [1.82, 2.24) is 9.78 Å². The maximum Gasteiger partial charge on any atom is 0.175 e. The van der Waals surface area contributed by atoms with Crippen LogP contribution < -0.4 is 11.1 Å². The molecule has 1 aromatic heterocycles. The SMILES string of the molecule is Cc1ccc(Nc2nn(C)cc2N)c(Br)c1. The Labute approximate surface area is 103 Å². The second kappa shape index (κ2) is 4.17. The molecular formula is C11H13BrN4. The molecule has 16 heavy (non-hydrogen) atoms. The summed E-state index contributed by atoms with van der Waals surface area (Å²) >= 11 is 3.50. The van der Waals surface area contributed by atoms with Gasteiger partial charge in [-0.05, 0) is 40.5 Å². The molecule has 4 nitrogen and oxygen atoms in total. The van der Waals surface area contributed by atoms with Crippen LogP contribution in [0.5, 0.6) is 0 Å². The molecule has 0 atom stereocenters. The average Bonchev–Trinajstić information content (AvgIpc) is 2.50. The summed E-state index contributed by atoms with van der Waals surface area (Å²) in [4.78, 5) is 0. The van der Waals surface area contributed by atoms with E-state index in [1.165, 1.54) is 5.56 Å². The summed E-state index contributed by atoms with van der Waals surface area (Å²) < 4.78 is 2.68. The van der Waals surface area contributed by atoms with Crippen LogP contribution in [0.2, 0.25) is 0 Å². The molecule has 1 heterocycles. The van der Waals surface area contributed by atoms with Crippen LogP contribution in [-0.4, -0.2) is 9.78 Å². The van der Waals surface area contributed by atoms with E-state index in [0.29, 0.717) is 11.5 Å². The zero-order valence-corrected chi connectivity index (χ0v) is 10.7. The molecule has 84 valence electrons. The lowest BCUT2D eigenvalue weighted by atomic mass is 10.2. The Balaban J connectivity index is 2.30. The largest absolute Gasteiger partial charge is 0.394 e. The van der Waals surface area contributed by atoms with Crippen molar-refractivity contribution in [3.63, 3.8) is 0 Å². The Kier molecular flexibility index (Phi) is 2.87. The van der Waals surface area contributed by atoms with E-state index in [2.05, 4.69) is 26.3 Å². The first-order valence-electron chi connectivity index (χ1n) is 4.88. The van der Waals surface area contributed by atoms with Gasteiger partial charge in [0.05, 0.1) is 11.4 Å². The minimum Gasteiger partial charge on any atom is -0.394 e. The lowest BCUT2D eigenvalue weighted by Crippen LogP contribution is -1.96. The van der Waals surface area contributed by atoms with Crippen LogP contribution >= 0.6 is 15.9 Å². The van der Waals surface area contributed by atoms with Crippen molar-refractivity contribution in [1.29, 1.82) is 0 Å². The summed E-state index contributed by atoms with van der Waals surface area (Å²) in [7, 11) is 1.84. The van der Waals surface area contributed by atoms with Crippen LogP contribution in [0.15, 0.2) is 28.9 Å². The Morgan fingerprint density at radius 2 is 2.19 bits per heavy atom. The predicted octanol–water partition coefficient (Wildman–Crippen LogP) is 2.82. The average molecular weight is 281 g/mol. The van der Waals surface area contributed by atoms with Gasteiger partial charge in [0.2, 0.25) is 0 Å². The van der Waals surface area contributed by atoms with Crippen LogP contribution in [0, 0.1) is 6.92 Å². The standard InChI is InChI=1S/C11H13BrN4/c1-7-3-4-10(8(12)5-7)14-11-9(13)6-16(2)15-11/h3-6H,13H2,1-2H3,(H,14,15). The fourth-order valence-electron chi connectivity index (χ4n) is 1.45. The quantitative estimate of drug-likeness (QED) is 0.890. The molecular weight excluding hydrogens is 268 g/mol. The van der Waals surface area contributed by atoms with Crippen molar-refractivity contribution >= 4 is 33.1 Å². The highest BCUT2D eigenvalue weighted by atomic mass is 79.9. The van der Waals surface area contributed by atoms with Crippen molar-refractivity contribution < 1.29 is 0 Å². The van der Waals surface area contributed by atoms with Gasteiger partial charge in [-0.2, -0.15) is 5.10 Å². The van der Waals surface area contributed by atoms with Gasteiger partial charge in [-0.1, -0.05) is 6.07 Å². The zero-order chi connectivity index (χ0) is 11.7. The molecule has 2 rings (SSSR count). The Morgan fingerprint density at radius 3 is 2.75 bits per heavy atom. The minimum atomic E-state index is 0.634. The second-order valence-electron chi connectivity index (χ2n) is 3.72. The molecule has 0 unspecified atom stereocenters. The highest BCUT2D eigenvalue weighted by Crippen LogP contribution is 2.28. The number of nitrogens with one attached hydrogen (secondary N) is 1. The zero-order valence-electron chi connectivity index (χ0n) is 9.16. The molecule has 0 aliphatic rings. The number of halogens is 1.